The van der Waals surface area contributed by atoms with E-state index < -0.39 is 12.0 Å². The topological polar surface area (TPSA) is 104 Å². The van der Waals surface area contributed by atoms with Crippen LogP contribution < -0.4 is 16.0 Å². The van der Waals surface area contributed by atoms with E-state index in [0.717, 1.165) is 0 Å². The van der Waals surface area contributed by atoms with Crippen molar-refractivity contribution >= 4 is 17.7 Å². The summed E-state index contributed by atoms with van der Waals surface area (Å²) in [6.07, 6.45) is 0.360. The Morgan fingerprint density at radius 2 is 2.38 bits per heavy atom. The Morgan fingerprint density at radius 3 is 2.94 bits per heavy atom. The summed E-state index contributed by atoms with van der Waals surface area (Å²) < 4.78 is 0. The molecule has 1 aromatic rings. The van der Waals surface area contributed by atoms with E-state index in [1.807, 2.05) is 14.1 Å². The van der Waals surface area contributed by atoms with Gasteiger partial charge < -0.3 is 21.1 Å². The molecule has 0 spiro atoms. The van der Waals surface area contributed by atoms with Crippen LogP contribution in [0.1, 0.15) is 0 Å². The minimum Gasteiger partial charge on any atom is -0.381 e. The molecule has 1 aromatic heterocycles. The van der Waals surface area contributed by atoms with Gasteiger partial charge in [0.1, 0.15) is 11.9 Å². The second-order valence-electron chi connectivity index (χ2n) is 3.44. The number of carbonyl (C=O) groups excluding carboxylic acids is 1. The molecule has 0 aliphatic rings. The van der Waals surface area contributed by atoms with E-state index in [2.05, 4.69) is 15.3 Å². The molecule has 0 aliphatic carbocycles. The van der Waals surface area contributed by atoms with Gasteiger partial charge >= 0.3 is 0 Å². The SMILES string of the molecule is CN(C)c1nccc(NCC(O)C(N)=O)n1. The summed E-state index contributed by atoms with van der Waals surface area (Å²) in [6, 6.07) is 1.64. The molecule has 16 heavy (non-hydrogen) atoms. The third kappa shape index (κ3) is 3.35. The Labute approximate surface area is 93.3 Å². The lowest BCUT2D eigenvalue weighted by molar-refractivity contribution is -0.125. The number of rotatable bonds is 5. The molecule has 0 saturated heterocycles. The first kappa shape index (κ1) is 12.2. The van der Waals surface area contributed by atoms with Crippen LogP contribution in [0.5, 0.6) is 0 Å². The van der Waals surface area contributed by atoms with Crippen LogP contribution in [0.15, 0.2) is 12.3 Å². The highest BCUT2D eigenvalue weighted by molar-refractivity contribution is 5.79. The van der Waals surface area contributed by atoms with Crippen LogP contribution in [0.4, 0.5) is 11.8 Å². The molecule has 0 aromatic carbocycles. The van der Waals surface area contributed by atoms with Gasteiger partial charge in [-0.1, -0.05) is 0 Å². The fraction of sp³-hybridized carbons (Fsp3) is 0.444. The zero-order valence-electron chi connectivity index (χ0n) is 9.21. The highest BCUT2D eigenvalue weighted by Crippen LogP contribution is 2.07. The first-order valence-electron chi connectivity index (χ1n) is 4.72. The predicted molar refractivity (Wildman–Crippen MR) is 60.0 cm³/mol. The molecule has 1 rings (SSSR count). The number of aromatic nitrogens is 2. The monoisotopic (exact) mass is 225 g/mol. The molecule has 0 radical (unpaired) electrons. The molecule has 0 saturated carbocycles. The molecule has 0 aliphatic heterocycles. The van der Waals surface area contributed by atoms with E-state index in [4.69, 9.17) is 5.73 Å². The predicted octanol–water partition coefficient (Wildman–Crippen LogP) is -1.20. The van der Waals surface area contributed by atoms with Crippen molar-refractivity contribution in [1.82, 2.24) is 9.97 Å². The summed E-state index contributed by atoms with van der Waals surface area (Å²) in [6.45, 7) is 0.0270. The molecule has 7 nitrogen and oxygen atoms in total. The van der Waals surface area contributed by atoms with Gasteiger partial charge in [0.25, 0.3) is 0 Å². The fourth-order valence-corrected chi connectivity index (χ4v) is 0.964. The van der Waals surface area contributed by atoms with Crippen LogP contribution in [0.25, 0.3) is 0 Å². The first-order chi connectivity index (χ1) is 7.50. The smallest absolute Gasteiger partial charge is 0.248 e. The summed E-state index contributed by atoms with van der Waals surface area (Å²) in [4.78, 5) is 20.5. The molecule has 1 atom stereocenters. The summed E-state index contributed by atoms with van der Waals surface area (Å²) in [5.41, 5.74) is 4.91. The number of nitrogens with zero attached hydrogens (tertiary/aromatic N) is 3. The highest BCUT2D eigenvalue weighted by Gasteiger charge is 2.10. The van der Waals surface area contributed by atoms with Crippen molar-refractivity contribution in [2.45, 2.75) is 6.10 Å². The van der Waals surface area contributed by atoms with Gasteiger partial charge in [-0.15, -0.1) is 0 Å². The number of nitrogens with two attached hydrogens (primary N) is 1. The zero-order valence-corrected chi connectivity index (χ0v) is 9.21. The number of hydrogen-bond acceptors (Lipinski definition) is 6. The summed E-state index contributed by atoms with van der Waals surface area (Å²) in [7, 11) is 3.63. The quantitative estimate of drug-likeness (QED) is 0.581. The molecule has 0 fully saturated rings. The van der Waals surface area contributed by atoms with Crippen LogP contribution in [0, 0.1) is 0 Å². The standard InChI is InChI=1S/C9H15N5O2/c1-14(2)9-11-4-3-7(13-9)12-5-6(15)8(10)16/h3-4,6,15H,5H2,1-2H3,(H2,10,16)(H,11,12,13). The van der Waals surface area contributed by atoms with Gasteiger partial charge in [-0.05, 0) is 6.07 Å². The summed E-state index contributed by atoms with van der Waals surface area (Å²) in [5.74, 6) is 0.298. The van der Waals surface area contributed by atoms with Crippen LogP contribution >= 0.6 is 0 Å². The van der Waals surface area contributed by atoms with E-state index in [9.17, 15) is 9.90 Å². The maximum absolute atomic E-state index is 10.6. The van der Waals surface area contributed by atoms with Gasteiger partial charge in [0.05, 0.1) is 6.54 Å². The van der Waals surface area contributed by atoms with Crippen molar-refractivity contribution in [1.29, 1.82) is 0 Å². The van der Waals surface area contributed by atoms with Crippen molar-refractivity contribution in [3.63, 3.8) is 0 Å². The minimum absolute atomic E-state index is 0.0270. The van der Waals surface area contributed by atoms with E-state index in [0.29, 0.717) is 11.8 Å². The Bertz CT molecular complexity index is 369. The minimum atomic E-state index is -1.22. The van der Waals surface area contributed by atoms with E-state index in [1.54, 1.807) is 17.2 Å². The highest BCUT2D eigenvalue weighted by atomic mass is 16.3. The number of aliphatic hydroxyl groups is 1. The first-order valence-corrected chi connectivity index (χ1v) is 4.72. The van der Waals surface area contributed by atoms with Crippen LogP contribution in [0.2, 0.25) is 0 Å². The van der Waals surface area contributed by atoms with Gasteiger partial charge in [0.15, 0.2) is 0 Å². The molecule has 88 valence electrons. The number of carbonyl (C=O) groups is 1. The number of aliphatic hydroxyl groups excluding tert-OH is 1. The average Bonchev–Trinajstić information content (AvgIpc) is 2.26. The molecule has 1 heterocycles. The van der Waals surface area contributed by atoms with Crippen molar-refractivity contribution in [3.05, 3.63) is 12.3 Å². The Balaban J connectivity index is 2.60. The van der Waals surface area contributed by atoms with E-state index >= 15 is 0 Å². The van der Waals surface area contributed by atoms with Crippen LogP contribution in [0.3, 0.4) is 0 Å². The molecule has 0 bridgehead atoms. The van der Waals surface area contributed by atoms with Crippen molar-refractivity contribution in [3.8, 4) is 0 Å². The summed E-state index contributed by atoms with van der Waals surface area (Å²) >= 11 is 0. The van der Waals surface area contributed by atoms with Gasteiger partial charge in [0, 0.05) is 20.3 Å². The molecular formula is C9H15N5O2. The Morgan fingerprint density at radius 1 is 1.69 bits per heavy atom. The third-order valence-corrected chi connectivity index (χ3v) is 1.85. The Kier molecular flexibility index (Phi) is 4.01. The molecule has 7 heteroatoms. The van der Waals surface area contributed by atoms with Gasteiger partial charge in [-0.3, -0.25) is 4.79 Å². The van der Waals surface area contributed by atoms with Crippen LogP contribution in [-0.4, -0.2) is 47.7 Å². The average molecular weight is 225 g/mol. The number of hydrogen-bond donors (Lipinski definition) is 3. The van der Waals surface area contributed by atoms with Crippen molar-refractivity contribution in [2.75, 3.05) is 30.9 Å². The normalized spacial score (nSPS) is 11.9. The largest absolute Gasteiger partial charge is 0.381 e. The molecular weight excluding hydrogens is 210 g/mol. The van der Waals surface area contributed by atoms with Gasteiger partial charge in [-0.2, -0.15) is 4.98 Å². The molecule has 4 N–H and O–H groups in total. The number of amides is 1. The van der Waals surface area contributed by atoms with Crippen LogP contribution in [-0.2, 0) is 4.79 Å². The maximum atomic E-state index is 10.6. The molecule has 1 unspecified atom stereocenters. The number of primary amides is 1. The van der Waals surface area contributed by atoms with Gasteiger partial charge in [0.2, 0.25) is 11.9 Å². The van der Waals surface area contributed by atoms with E-state index in [-0.39, 0.29) is 6.54 Å². The summed E-state index contributed by atoms with van der Waals surface area (Å²) in [5, 5.41) is 12.0. The second kappa shape index (κ2) is 5.26. The number of anilines is 2. The third-order valence-electron chi connectivity index (χ3n) is 1.85. The fourth-order valence-electron chi connectivity index (χ4n) is 0.964. The Hall–Kier alpha value is -1.89. The lowest BCUT2D eigenvalue weighted by atomic mass is 10.3. The second-order valence-corrected chi connectivity index (χ2v) is 3.44. The maximum Gasteiger partial charge on any atom is 0.248 e. The lowest BCUT2D eigenvalue weighted by Gasteiger charge is -2.12. The van der Waals surface area contributed by atoms with Crippen molar-refractivity contribution in [2.24, 2.45) is 5.73 Å². The lowest BCUT2D eigenvalue weighted by Crippen LogP contribution is -2.34. The van der Waals surface area contributed by atoms with Crippen molar-refractivity contribution < 1.29 is 9.90 Å². The number of nitrogens with one attached hydrogen (secondary N) is 1. The molecule has 1 amide bonds. The zero-order chi connectivity index (χ0) is 12.1. The van der Waals surface area contributed by atoms with E-state index in [1.165, 1.54) is 0 Å². The van der Waals surface area contributed by atoms with Gasteiger partial charge in [-0.25, -0.2) is 4.98 Å².